The van der Waals surface area contributed by atoms with Crippen molar-refractivity contribution in [2.24, 2.45) is 5.73 Å². The number of carbonyl (C=O) groups excluding carboxylic acids is 2. The molecule has 1 aliphatic rings. The van der Waals surface area contributed by atoms with E-state index < -0.39 is 11.8 Å². The number of hydrogen-bond donors (Lipinski definition) is 3. The van der Waals surface area contributed by atoms with Crippen molar-refractivity contribution in [1.82, 2.24) is 4.57 Å². The van der Waals surface area contributed by atoms with Gasteiger partial charge in [0.1, 0.15) is 11.5 Å². The fraction of sp³-hybridized carbons (Fsp3) is 0.312. The quantitative estimate of drug-likeness (QED) is 0.768. The predicted octanol–water partition coefficient (Wildman–Crippen LogP) is 1.11. The highest BCUT2D eigenvalue weighted by molar-refractivity contribution is 7.17. The van der Waals surface area contributed by atoms with Gasteiger partial charge < -0.3 is 21.4 Å². The molecule has 0 fully saturated rings. The molecule has 1 aliphatic carbocycles. The fourth-order valence-corrected chi connectivity index (χ4v) is 4.22. The van der Waals surface area contributed by atoms with Gasteiger partial charge in [-0.3, -0.25) is 14.4 Å². The van der Waals surface area contributed by atoms with Crippen molar-refractivity contribution in [3.63, 3.8) is 0 Å². The standard InChI is InChI=1S/C16H18N4O3S/c17-9-5-6-13(22)20(7-9)8-12(21)19-16-14(15(18)23)10-3-1-2-4-11(10)24-16/h5-7H,1-4,8,17H2,(H2,18,23)(H,19,21). The van der Waals surface area contributed by atoms with Crippen LogP contribution in [0.1, 0.15) is 33.6 Å². The molecule has 8 heteroatoms. The summed E-state index contributed by atoms with van der Waals surface area (Å²) in [6.45, 7) is -0.176. The van der Waals surface area contributed by atoms with Crippen LogP contribution < -0.4 is 22.3 Å². The normalized spacial score (nSPS) is 13.3. The number of aryl methyl sites for hydroxylation is 1. The molecule has 0 spiro atoms. The molecule has 0 saturated heterocycles. The van der Waals surface area contributed by atoms with E-state index in [1.54, 1.807) is 0 Å². The van der Waals surface area contributed by atoms with Gasteiger partial charge in [-0.15, -0.1) is 11.3 Å². The number of aromatic nitrogens is 1. The highest BCUT2D eigenvalue weighted by Gasteiger charge is 2.24. The number of primary amides is 1. The van der Waals surface area contributed by atoms with Crippen molar-refractivity contribution >= 4 is 33.8 Å². The van der Waals surface area contributed by atoms with Crippen LogP contribution >= 0.6 is 11.3 Å². The van der Waals surface area contributed by atoms with E-state index in [1.165, 1.54) is 34.2 Å². The average molecular weight is 346 g/mol. The molecule has 3 rings (SSSR count). The largest absolute Gasteiger partial charge is 0.398 e. The molecule has 0 bridgehead atoms. The average Bonchev–Trinajstić information content (AvgIpc) is 2.88. The van der Waals surface area contributed by atoms with Crippen LogP contribution in [0.25, 0.3) is 0 Å². The van der Waals surface area contributed by atoms with E-state index in [9.17, 15) is 14.4 Å². The van der Waals surface area contributed by atoms with Crippen LogP contribution in [-0.2, 0) is 24.2 Å². The molecular weight excluding hydrogens is 328 g/mol. The lowest BCUT2D eigenvalue weighted by atomic mass is 9.95. The SMILES string of the molecule is NC(=O)c1c(NC(=O)Cn2cc(N)ccc2=O)sc2c1CCCC2. The number of fused-ring (bicyclic) bond motifs is 1. The molecular formula is C16H18N4O3S. The Balaban J connectivity index is 1.84. The molecule has 2 amide bonds. The van der Waals surface area contributed by atoms with Crippen molar-refractivity contribution < 1.29 is 9.59 Å². The number of nitrogens with two attached hydrogens (primary N) is 2. The van der Waals surface area contributed by atoms with E-state index in [-0.39, 0.29) is 12.1 Å². The zero-order valence-electron chi connectivity index (χ0n) is 13.0. The van der Waals surface area contributed by atoms with E-state index in [0.717, 1.165) is 36.1 Å². The third-order valence-electron chi connectivity index (χ3n) is 3.99. The van der Waals surface area contributed by atoms with E-state index in [0.29, 0.717) is 16.3 Å². The maximum absolute atomic E-state index is 12.3. The second kappa shape index (κ2) is 6.48. The van der Waals surface area contributed by atoms with Crippen LogP contribution in [0.5, 0.6) is 0 Å². The molecule has 0 saturated carbocycles. The first-order chi connectivity index (χ1) is 11.5. The summed E-state index contributed by atoms with van der Waals surface area (Å²) < 4.78 is 1.22. The topological polar surface area (TPSA) is 120 Å². The maximum atomic E-state index is 12.3. The van der Waals surface area contributed by atoms with Gasteiger partial charge in [-0.2, -0.15) is 0 Å². The highest BCUT2D eigenvalue weighted by Crippen LogP contribution is 2.37. The molecule has 0 aliphatic heterocycles. The zero-order chi connectivity index (χ0) is 17.3. The van der Waals surface area contributed by atoms with Crippen molar-refractivity contribution in [2.45, 2.75) is 32.2 Å². The molecule has 24 heavy (non-hydrogen) atoms. The number of hydrogen-bond acceptors (Lipinski definition) is 5. The van der Waals surface area contributed by atoms with Gasteiger partial charge in [-0.25, -0.2) is 0 Å². The number of nitrogens with one attached hydrogen (secondary N) is 1. The number of anilines is 2. The minimum Gasteiger partial charge on any atom is -0.398 e. The third kappa shape index (κ3) is 3.18. The van der Waals surface area contributed by atoms with Crippen molar-refractivity contribution in [1.29, 1.82) is 0 Å². The van der Waals surface area contributed by atoms with Crippen LogP contribution in [-0.4, -0.2) is 16.4 Å². The molecule has 0 radical (unpaired) electrons. The summed E-state index contributed by atoms with van der Waals surface area (Å²) in [6.07, 6.45) is 5.18. The summed E-state index contributed by atoms with van der Waals surface area (Å²) >= 11 is 1.39. The first kappa shape index (κ1) is 16.3. The molecule has 0 unspecified atom stereocenters. The van der Waals surface area contributed by atoms with Crippen LogP contribution in [0.15, 0.2) is 23.1 Å². The van der Waals surface area contributed by atoms with Crippen LogP contribution in [0.3, 0.4) is 0 Å². The molecule has 126 valence electrons. The molecule has 2 aromatic heterocycles. The van der Waals surface area contributed by atoms with Gasteiger partial charge in [-0.1, -0.05) is 0 Å². The number of thiophene rings is 1. The fourth-order valence-electron chi connectivity index (χ4n) is 2.91. The van der Waals surface area contributed by atoms with Crippen LogP contribution in [0, 0.1) is 0 Å². The minimum absolute atomic E-state index is 0.176. The number of nitrogen functional groups attached to an aromatic ring is 1. The summed E-state index contributed by atoms with van der Waals surface area (Å²) in [5, 5.41) is 3.19. The summed E-state index contributed by atoms with van der Waals surface area (Å²) in [5.74, 6) is -0.936. The summed E-state index contributed by atoms with van der Waals surface area (Å²) in [5.41, 5.74) is 12.6. The first-order valence-corrected chi connectivity index (χ1v) is 8.47. The summed E-state index contributed by atoms with van der Waals surface area (Å²) in [4.78, 5) is 36.9. The molecule has 5 N–H and O–H groups in total. The van der Waals surface area contributed by atoms with Gasteiger partial charge in [0.2, 0.25) is 5.91 Å². The van der Waals surface area contributed by atoms with Gasteiger partial charge in [0.15, 0.2) is 0 Å². The van der Waals surface area contributed by atoms with Gasteiger partial charge in [-0.05, 0) is 37.3 Å². The van der Waals surface area contributed by atoms with Crippen molar-refractivity contribution in [2.75, 3.05) is 11.1 Å². The minimum atomic E-state index is -0.536. The third-order valence-corrected chi connectivity index (χ3v) is 5.20. The number of rotatable bonds is 4. The predicted molar refractivity (Wildman–Crippen MR) is 93.2 cm³/mol. The lowest BCUT2D eigenvalue weighted by Crippen LogP contribution is -2.27. The Morgan fingerprint density at radius 3 is 2.75 bits per heavy atom. The Morgan fingerprint density at radius 1 is 1.25 bits per heavy atom. The van der Waals surface area contributed by atoms with Crippen molar-refractivity contribution in [3.05, 3.63) is 44.7 Å². The van der Waals surface area contributed by atoms with E-state index in [1.807, 2.05) is 0 Å². The molecule has 0 aromatic carbocycles. The smallest absolute Gasteiger partial charge is 0.251 e. The van der Waals surface area contributed by atoms with E-state index in [4.69, 9.17) is 11.5 Å². The first-order valence-electron chi connectivity index (χ1n) is 7.66. The van der Waals surface area contributed by atoms with Crippen molar-refractivity contribution in [3.8, 4) is 0 Å². The Morgan fingerprint density at radius 2 is 2.00 bits per heavy atom. The number of carbonyl (C=O) groups is 2. The maximum Gasteiger partial charge on any atom is 0.251 e. The Kier molecular flexibility index (Phi) is 4.39. The molecule has 2 aromatic rings. The lowest BCUT2D eigenvalue weighted by molar-refractivity contribution is -0.116. The zero-order valence-corrected chi connectivity index (χ0v) is 13.8. The summed E-state index contributed by atoms with van der Waals surface area (Å²) in [6, 6.07) is 2.79. The number of amides is 2. The summed E-state index contributed by atoms with van der Waals surface area (Å²) in [7, 11) is 0. The second-order valence-corrected chi connectivity index (χ2v) is 6.86. The van der Waals surface area contributed by atoms with Crippen LogP contribution in [0.4, 0.5) is 10.7 Å². The van der Waals surface area contributed by atoms with E-state index in [2.05, 4.69) is 5.32 Å². The monoisotopic (exact) mass is 346 g/mol. The van der Waals surface area contributed by atoms with Gasteiger partial charge in [0, 0.05) is 22.8 Å². The number of nitrogens with zero attached hydrogens (tertiary/aromatic N) is 1. The van der Waals surface area contributed by atoms with Gasteiger partial charge >= 0.3 is 0 Å². The van der Waals surface area contributed by atoms with Crippen LogP contribution in [0.2, 0.25) is 0 Å². The molecule has 7 nitrogen and oxygen atoms in total. The Labute approximate surface area is 142 Å². The highest BCUT2D eigenvalue weighted by atomic mass is 32.1. The van der Waals surface area contributed by atoms with E-state index >= 15 is 0 Å². The second-order valence-electron chi connectivity index (χ2n) is 5.76. The van der Waals surface area contributed by atoms with Gasteiger partial charge in [0.05, 0.1) is 5.56 Å². The van der Waals surface area contributed by atoms with Gasteiger partial charge in [0.25, 0.3) is 11.5 Å². The Bertz CT molecular complexity index is 869. The lowest BCUT2D eigenvalue weighted by Gasteiger charge is -2.11. The molecule has 0 atom stereocenters. The Hall–Kier alpha value is -2.61. The molecule has 2 heterocycles. The number of pyridine rings is 1.